The van der Waals surface area contributed by atoms with Crippen molar-refractivity contribution in [3.05, 3.63) is 47.0 Å². The van der Waals surface area contributed by atoms with Gasteiger partial charge in [-0.2, -0.15) is 0 Å². The van der Waals surface area contributed by atoms with Crippen molar-refractivity contribution >= 4 is 17.5 Å². The summed E-state index contributed by atoms with van der Waals surface area (Å²) in [6.07, 6.45) is 2.63. The molecule has 1 aromatic rings. The Morgan fingerprint density at radius 3 is 2.38 bits per heavy atom. The first-order valence-electron chi connectivity index (χ1n) is 12.5. The van der Waals surface area contributed by atoms with Crippen LogP contribution in [0.4, 0.5) is 0 Å². The number of esters is 1. The standard InChI is InChI=1S/C29H38O5/c1-17-21-16-24(31)29(5)14-10-13-20(18(2)30)25(29)26(22(28(21,3)4)15-23(17)33-6)34-27(32)19-11-8-7-9-12-19/h7-9,11-12,20,22-23,25-26H,10,13-16H2,1-6H3. The SMILES string of the molecule is COC1CC2C(OC(=O)c3ccccc3)C3C(C(C)=O)CCCC3(C)C(=O)CC(=C1C)C2(C)C. The van der Waals surface area contributed by atoms with Crippen LogP contribution in [0.15, 0.2) is 41.5 Å². The molecule has 3 aliphatic rings. The van der Waals surface area contributed by atoms with Crippen LogP contribution in [0.25, 0.3) is 0 Å². The van der Waals surface area contributed by atoms with Gasteiger partial charge in [0, 0.05) is 36.7 Å². The summed E-state index contributed by atoms with van der Waals surface area (Å²) in [7, 11) is 1.70. The number of carbonyl (C=O) groups excluding carboxylic acids is 3. The summed E-state index contributed by atoms with van der Waals surface area (Å²) in [6.45, 7) is 10.0. The van der Waals surface area contributed by atoms with Crippen LogP contribution in [-0.2, 0) is 19.1 Å². The van der Waals surface area contributed by atoms with Crippen LogP contribution in [0.3, 0.4) is 0 Å². The van der Waals surface area contributed by atoms with Gasteiger partial charge in [-0.05, 0) is 56.2 Å². The zero-order chi connectivity index (χ0) is 24.8. The molecule has 1 aromatic carbocycles. The molecule has 3 aliphatic carbocycles. The van der Waals surface area contributed by atoms with E-state index in [1.165, 1.54) is 0 Å². The third-order valence-corrected chi connectivity index (χ3v) is 9.30. The van der Waals surface area contributed by atoms with Crippen LogP contribution in [0.2, 0.25) is 0 Å². The Hall–Kier alpha value is -2.27. The van der Waals surface area contributed by atoms with Gasteiger partial charge in [0.1, 0.15) is 17.7 Å². The molecule has 5 heteroatoms. The lowest BCUT2D eigenvalue weighted by Gasteiger charge is -2.56. The summed E-state index contributed by atoms with van der Waals surface area (Å²) in [5.41, 5.74) is 1.63. The molecule has 184 valence electrons. The second-order valence-electron chi connectivity index (χ2n) is 11.3. The summed E-state index contributed by atoms with van der Waals surface area (Å²) in [5.74, 6) is -0.884. The smallest absolute Gasteiger partial charge is 0.338 e. The van der Waals surface area contributed by atoms with Crippen LogP contribution >= 0.6 is 0 Å². The Labute approximate surface area is 203 Å². The minimum absolute atomic E-state index is 0.0683. The molecule has 34 heavy (non-hydrogen) atoms. The molecular weight excluding hydrogens is 428 g/mol. The maximum atomic E-state index is 14.0. The number of rotatable bonds is 4. The highest BCUT2D eigenvalue weighted by atomic mass is 16.5. The minimum Gasteiger partial charge on any atom is -0.458 e. The van der Waals surface area contributed by atoms with Gasteiger partial charge in [0.15, 0.2) is 0 Å². The quantitative estimate of drug-likeness (QED) is 0.428. The summed E-state index contributed by atoms with van der Waals surface area (Å²) >= 11 is 0. The summed E-state index contributed by atoms with van der Waals surface area (Å²) in [4.78, 5) is 40.3. The molecule has 0 N–H and O–H groups in total. The van der Waals surface area contributed by atoms with Crippen molar-refractivity contribution in [1.82, 2.24) is 0 Å². The van der Waals surface area contributed by atoms with E-state index in [9.17, 15) is 14.4 Å². The molecule has 6 unspecified atom stereocenters. The van der Waals surface area contributed by atoms with Gasteiger partial charge < -0.3 is 9.47 Å². The largest absolute Gasteiger partial charge is 0.458 e. The number of fused-ring (bicyclic) bond motifs is 3. The number of methoxy groups -OCH3 is 1. The maximum absolute atomic E-state index is 14.0. The molecule has 2 fully saturated rings. The van der Waals surface area contributed by atoms with Crippen LogP contribution in [0.5, 0.6) is 0 Å². The topological polar surface area (TPSA) is 69.7 Å². The number of Topliss-reactive ketones (excluding diaryl/α,β-unsaturated/α-hetero) is 2. The van der Waals surface area contributed by atoms with E-state index in [1.807, 2.05) is 25.1 Å². The van der Waals surface area contributed by atoms with E-state index in [1.54, 1.807) is 26.2 Å². The van der Waals surface area contributed by atoms with Gasteiger partial charge >= 0.3 is 5.97 Å². The van der Waals surface area contributed by atoms with Crippen molar-refractivity contribution < 1.29 is 23.9 Å². The molecule has 6 atom stereocenters. The lowest BCUT2D eigenvalue weighted by atomic mass is 9.49. The summed E-state index contributed by atoms with van der Waals surface area (Å²) < 4.78 is 12.3. The normalized spacial score (nSPS) is 35.1. The summed E-state index contributed by atoms with van der Waals surface area (Å²) in [5, 5.41) is 0. The monoisotopic (exact) mass is 466 g/mol. The Bertz CT molecular complexity index is 1010. The van der Waals surface area contributed by atoms with Gasteiger partial charge in [-0.3, -0.25) is 9.59 Å². The van der Waals surface area contributed by atoms with E-state index in [4.69, 9.17) is 9.47 Å². The predicted molar refractivity (Wildman–Crippen MR) is 130 cm³/mol. The number of hydrogen-bond acceptors (Lipinski definition) is 5. The highest BCUT2D eigenvalue weighted by molar-refractivity contribution is 5.91. The molecular formula is C29H38O5. The van der Waals surface area contributed by atoms with Gasteiger partial charge in [-0.1, -0.05) is 51.0 Å². The van der Waals surface area contributed by atoms with Crippen molar-refractivity contribution in [1.29, 1.82) is 0 Å². The molecule has 4 rings (SSSR count). The molecule has 0 amide bonds. The first-order valence-corrected chi connectivity index (χ1v) is 12.5. The first kappa shape index (κ1) is 24.8. The van der Waals surface area contributed by atoms with Gasteiger partial charge in [0.2, 0.25) is 0 Å². The second-order valence-corrected chi connectivity index (χ2v) is 11.3. The average Bonchev–Trinajstić information content (AvgIpc) is 2.80. The fourth-order valence-corrected chi connectivity index (χ4v) is 7.20. The van der Waals surface area contributed by atoms with E-state index in [2.05, 4.69) is 20.8 Å². The Morgan fingerprint density at radius 1 is 1.09 bits per heavy atom. The third kappa shape index (κ3) is 3.96. The van der Waals surface area contributed by atoms with Crippen LogP contribution in [-0.4, -0.2) is 36.9 Å². The number of ether oxygens (including phenoxy) is 2. The van der Waals surface area contributed by atoms with E-state index >= 15 is 0 Å². The lowest BCUT2D eigenvalue weighted by molar-refractivity contribution is -0.157. The number of ketones is 2. The molecule has 2 bridgehead atoms. The molecule has 0 spiro atoms. The lowest BCUT2D eigenvalue weighted by Crippen LogP contribution is -2.59. The van der Waals surface area contributed by atoms with Crippen LogP contribution in [0, 0.1) is 28.6 Å². The fourth-order valence-electron chi connectivity index (χ4n) is 7.20. The van der Waals surface area contributed by atoms with Crippen molar-refractivity contribution in [2.45, 2.75) is 78.9 Å². The highest BCUT2D eigenvalue weighted by Gasteiger charge is 2.60. The molecule has 5 nitrogen and oxygen atoms in total. The van der Waals surface area contributed by atoms with Crippen molar-refractivity contribution in [3.8, 4) is 0 Å². The zero-order valence-corrected chi connectivity index (χ0v) is 21.4. The molecule has 2 saturated carbocycles. The Balaban J connectivity index is 1.90. The highest BCUT2D eigenvalue weighted by Crippen LogP contribution is 2.59. The van der Waals surface area contributed by atoms with Gasteiger partial charge in [-0.15, -0.1) is 0 Å². The number of carbonyl (C=O) groups is 3. The van der Waals surface area contributed by atoms with E-state index in [0.717, 1.165) is 24.0 Å². The van der Waals surface area contributed by atoms with Gasteiger partial charge in [-0.25, -0.2) is 4.79 Å². The molecule has 0 saturated heterocycles. The minimum atomic E-state index is -0.712. The van der Waals surface area contributed by atoms with Crippen molar-refractivity contribution in [2.75, 3.05) is 7.11 Å². The van der Waals surface area contributed by atoms with Crippen LogP contribution in [0.1, 0.15) is 77.1 Å². The Morgan fingerprint density at radius 2 is 1.76 bits per heavy atom. The molecule has 0 heterocycles. The first-order chi connectivity index (χ1) is 16.0. The molecule has 0 aliphatic heterocycles. The molecule has 0 radical (unpaired) electrons. The van der Waals surface area contributed by atoms with Crippen LogP contribution < -0.4 is 0 Å². The average molecular weight is 467 g/mol. The van der Waals surface area contributed by atoms with Crippen molar-refractivity contribution in [3.63, 3.8) is 0 Å². The summed E-state index contributed by atoms with van der Waals surface area (Å²) in [6, 6.07) is 8.99. The maximum Gasteiger partial charge on any atom is 0.338 e. The fraction of sp³-hybridized carbons (Fsp3) is 0.621. The third-order valence-electron chi connectivity index (χ3n) is 9.30. The molecule has 0 aromatic heterocycles. The number of allylic oxidation sites excluding steroid dienone is 1. The van der Waals surface area contributed by atoms with E-state index in [-0.39, 0.29) is 40.8 Å². The number of benzene rings is 1. The van der Waals surface area contributed by atoms with E-state index in [0.29, 0.717) is 24.8 Å². The van der Waals surface area contributed by atoms with Gasteiger partial charge in [0.25, 0.3) is 0 Å². The zero-order valence-electron chi connectivity index (χ0n) is 21.4. The van der Waals surface area contributed by atoms with Crippen molar-refractivity contribution in [2.24, 2.45) is 28.6 Å². The predicted octanol–water partition coefficient (Wildman–Crippen LogP) is 5.57. The number of hydrogen-bond donors (Lipinski definition) is 0. The van der Waals surface area contributed by atoms with E-state index < -0.39 is 17.5 Å². The second kappa shape index (κ2) is 9.07. The van der Waals surface area contributed by atoms with Gasteiger partial charge in [0.05, 0.1) is 11.7 Å². The Kier molecular flexibility index (Phi) is 6.63.